The van der Waals surface area contributed by atoms with Crippen molar-refractivity contribution in [2.24, 2.45) is 0 Å². The third-order valence-corrected chi connectivity index (χ3v) is 6.11. The molecule has 1 N–H and O–H groups in total. The number of carbonyl (C=O) groups is 2. The number of aromatic nitrogens is 3. The molecule has 0 fully saturated rings. The number of amides is 1. The maximum absolute atomic E-state index is 12.5. The topological polar surface area (TPSA) is 86.1 Å². The summed E-state index contributed by atoms with van der Waals surface area (Å²) in [6.07, 6.45) is 1.78. The minimum absolute atomic E-state index is 0.158. The first-order valence-corrected chi connectivity index (χ1v) is 10.8. The molecule has 152 valence electrons. The third-order valence-electron chi connectivity index (χ3n) is 4.02. The number of esters is 1. The molecule has 0 spiro atoms. The van der Waals surface area contributed by atoms with Crippen molar-refractivity contribution in [3.8, 4) is 0 Å². The van der Waals surface area contributed by atoms with Crippen LogP contribution in [0.15, 0.2) is 17.8 Å². The molecule has 0 aliphatic rings. The predicted octanol–water partition coefficient (Wildman–Crippen LogP) is 4.17. The van der Waals surface area contributed by atoms with Gasteiger partial charge in [-0.3, -0.25) is 4.79 Å². The molecule has 0 atom stereocenters. The van der Waals surface area contributed by atoms with E-state index in [1.54, 1.807) is 13.0 Å². The second-order valence-corrected chi connectivity index (χ2v) is 8.61. The standard InChI is InChI=1S/C19H26N4O3S2/c1-7-9-23-16(11(3)4)21-22-19(23)27-10-14(24)20-17-15(18(25)26-8-2)12(5)13(6)28-17/h7,11H,1,8-10H2,2-6H3,(H,20,24). The average molecular weight is 423 g/mol. The Labute approximate surface area is 173 Å². The highest BCUT2D eigenvalue weighted by Gasteiger charge is 2.22. The van der Waals surface area contributed by atoms with Crippen LogP contribution in [0.3, 0.4) is 0 Å². The normalized spacial score (nSPS) is 10.9. The molecule has 9 heteroatoms. The molecule has 28 heavy (non-hydrogen) atoms. The van der Waals surface area contributed by atoms with Crippen molar-refractivity contribution in [1.82, 2.24) is 14.8 Å². The van der Waals surface area contributed by atoms with Gasteiger partial charge >= 0.3 is 5.97 Å². The molecular formula is C19H26N4O3S2. The Morgan fingerprint density at radius 2 is 2.07 bits per heavy atom. The largest absolute Gasteiger partial charge is 0.462 e. The Bertz CT molecular complexity index is 871. The molecule has 0 radical (unpaired) electrons. The van der Waals surface area contributed by atoms with E-state index < -0.39 is 5.97 Å². The van der Waals surface area contributed by atoms with Crippen molar-refractivity contribution in [2.45, 2.75) is 52.2 Å². The minimum Gasteiger partial charge on any atom is -0.462 e. The first-order valence-electron chi connectivity index (χ1n) is 9.03. The van der Waals surface area contributed by atoms with Crippen molar-refractivity contribution in [2.75, 3.05) is 17.7 Å². The number of rotatable bonds is 9. The second kappa shape index (κ2) is 9.88. The number of allylic oxidation sites excluding steroid dienone is 1. The zero-order valence-electron chi connectivity index (χ0n) is 16.9. The number of anilines is 1. The predicted molar refractivity (Wildman–Crippen MR) is 113 cm³/mol. The highest BCUT2D eigenvalue weighted by molar-refractivity contribution is 7.99. The van der Waals surface area contributed by atoms with Gasteiger partial charge in [0.15, 0.2) is 5.16 Å². The monoisotopic (exact) mass is 422 g/mol. The van der Waals surface area contributed by atoms with Crippen LogP contribution in [0.4, 0.5) is 5.00 Å². The summed E-state index contributed by atoms with van der Waals surface area (Å²) in [5.41, 5.74) is 1.26. The molecule has 1 amide bonds. The summed E-state index contributed by atoms with van der Waals surface area (Å²) in [5, 5.41) is 12.5. The van der Waals surface area contributed by atoms with E-state index in [1.807, 2.05) is 32.3 Å². The van der Waals surface area contributed by atoms with E-state index in [-0.39, 0.29) is 24.2 Å². The van der Waals surface area contributed by atoms with Gasteiger partial charge in [0.05, 0.1) is 17.9 Å². The van der Waals surface area contributed by atoms with Gasteiger partial charge in [-0.1, -0.05) is 31.7 Å². The van der Waals surface area contributed by atoms with Gasteiger partial charge in [-0.25, -0.2) is 4.79 Å². The van der Waals surface area contributed by atoms with Crippen molar-refractivity contribution in [1.29, 1.82) is 0 Å². The first kappa shape index (κ1) is 22.2. The van der Waals surface area contributed by atoms with E-state index in [9.17, 15) is 9.59 Å². The van der Waals surface area contributed by atoms with Gasteiger partial charge in [-0.2, -0.15) is 0 Å². The van der Waals surface area contributed by atoms with Crippen molar-refractivity contribution < 1.29 is 14.3 Å². The van der Waals surface area contributed by atoms with Gasteiger partial charge in [-0.15, -0.1) is 28.1 Å². The van der Waals surface area contributed by atoms with Gasteiger partial charge in [-0.05, 0) is 26.3 Å². The van der Waals surface area contributed by atoms with Crippen LogP contribution in [0.1, 0.15) is 53.3 Å². The Balaban J connectivity index is 2.11. The summed E-state index contributed by atoms with van der Waals surface area (Å²) in [6, 6.07) is 0. The van der Waals surface area contributed by atoms with Crippen LogP contribution in [0.25, 0.3) is 0 Å². The van der Waals surface area contributed by atoms with Gasteiger partial charge in [0.1, 0.15) is 10.8 Å². The fourth-order valence-corrected chi connectivity index (χ4v) is 4.41. The quantitative estimate of drug-likeness (QED) is 0.371. The van der Waals surface area contributed by atoms with Crippen molar-refractivity contribution >= 4 is 40.0 Å². The van der Waals surface area contributed by atoms with E-state index >= 15 is 0 Å². The summed E-state index contributed by atoms with van der Waals surface area (Å²) < 4.78 is 7.08. The average Bonchev–Trinajstić information content (AvgIpc) is 3.15. The van der Waals surface area contributed by atoms with E-state index in [4.69, 9.17) is 4.74 Å². The summed E-state index contributed by atoms with van der Waals surface area (Å²) in [6.45, 7) is 14.3. The first-order chi connectivity index (χ1) is 13.3. The number of nitrogens with zero attached hydrogens (tertiary/aromatic N) is 3. The summed E-state index contributed by atoms with van der Waals surface area (Å²) >= 11 is 2.68. The number of hydrogen-bond acceptors (Lipinski definition) is 7. The van der Waals surface area contributed by atoms with Crippen LogP contribution in [0, 0.1) is 13.8 Å². The molecule has 0 unspecified atom stereocenters. The fourth-order valence-electron chi connectivity index (χ4n) is 2.59. The molecule has 2 rings (SSSR count). The van der Waals surface area contributed by atoms with Crippen LogP contribution in [0.2, 0.25) is 0 Å². The van der Waals surface area contributed by atoms with Crippen LogP contribution in [-0.4, -0.2) is 39.0 Å². The number of hydrogen-bond donors (Lipinski definition) is 1. The number of thioether (sulfide) groups is 1. The second-order valence-electron chi connectivity index (χ2n) is 6.44. The Kier molecular flexibility index (Phi) is 7.82. The molecule has 2 aromatic rings. The fraction of sp³-hybridized carbons (Fsp3) is 0.474. The van der Waals surface area contributed by atoms with Gasteiger partial charge < -0.3 is 14.6 Å². The summed E-state index contributed by atoms with van der Waals surface area (Å²) in [5.74, 6) is 0.610. The maximum Gasteiger partial charge on any atom is 0.341 e. The third kappa shape index (κ3) is 5.02. The Hall–Kier alpha value is -2.13. The lowest BCUT2D eigenvalue weighted by Crippen LogP contribution is -2.17. The Morgan fingerprint density at radius 3 is 2.68 bits per heavy atom. The molecule has 7 nitrogen and oxygen atoms in total. The molecule has 2 heterocycles. The van der Waals surface area contributed by atoms with Gasteiger partial charge in [0.25, 0.3) is 0 Å². The highest BCUT2D eigenvalue weighted by atomic mass is 32.2. The molecule has 0 aromatic carbocycles. The summed E-state index contributed by atoms with van der Waals surface area (Å²) in [4.78, 5) is 25.7. The maximum atomic E-state index is 12.5. The molecule has 0 bridgehead atoms. The zero-order valence-corrected chi connectivity index (χ0v) is 18.5. The number of nitrogens with one attached hydrogen (secondary N) is 1. The smallest absolute Gasteiger partial charge is 0.341 e. The molecule has 0 aliphatic heterocycles. The lowest BCUT2D eigenvalue weighted by atomic mass is 10.1. The SMILES string of the molecule is C=CCn1c(SCC(=O)Nc2sc(C)c(C)c2C(=O)OCC)nnc1C(C)C. The van der Waals surface area contributed by atoms with Crippen molar-refractivity contribution in [3.05, 3.63) is 34.5 Å². The minimum atomic E-state index is -0.417. The number of carbonyl (C=O) groups excluding carboxylic acids is 2. The zero-order chi connectivity index (χ0) is 20.8. The molecule has 0 aliphatic carbocycles. The molecule has 0 saturated heterocycles. The molecule has 2 aromatic heterocycles. The van der Waals surface area contributed by atoms with E-state index in [1.165, 1.54) is 23.1 Å². The summed E-state index contributed by atoms with van der Waals surface area (Å²) in [7, 11) is 0. The lowest BCUT2D eigenvalue weighted by Gasteiger charge is -2.10. The molecular weight excluding hydrogens is 396 g/mol. The lowest BCUT2D eigenvalue weighted by molar-refractivity contribution is -0.113. The van der Waals surface area contributed by atoms with Crippen LogP contribution >= 0.6 is 23.1 Å². The van der Waals surface area contributed by atoms with Crippen molar-refractivity contribution in [3.63, 3.8) is 0 Å². The van der Waals surface area contributed by atoms with E-state index in [0.29, 0.717) is 22.3 Å². The van der Waals surface area contributed by atoms with Crippen LogP contribution < -0.4 is 5.32 Å². The van der Waals surface area contributed by atoms with E-state index in [0.717, 1.165) is 16.3 Å². The van der Waals surface area contributed by atoms with Crippen LogP contribution in [0.5, 0.6) is 0 Å². The van der Waals surface area contributed by atoms with Gasteiger partial charge in [0.2, 0.25) is 5.91 Å². The highest BCUT2D eigenvalue weighted by Crippen LogP contribution is 2.33. The number of thiophene rings is 1. The van der Waals surface area contributed by atoms with Crippen LogP contribution in [-0.2, 0) is 16.1 Å². The van der Waals surface area contributed by atoms with E-state index in [2.05, 4.69) is 22.1 Å². The molecule has 0 saturated carbocycles. The number of ether oxygens (including phenoxy) is 1. The number of aryl methyl sites for hydroxylation is 1. The Morgan fingerprint density at radius 1 is 1.36 bits per heavy atom. The van der Waals surface area contributed by atoms with Gasteiger partial charge in [0, 0.05) is 17.3 Å².